The van der Waals surface area contributed by atoms with Crippen molar-refractivity contribution in [2.24, 2.45) is 11.8 Å². The standard InChI is InChI=1S/C25H36F2O/c1-3-5-7-8-9-10-20-11-13-21(14-12-20)15-16-22-17-18-23(25(27)24(22)26)28-19-6-4-2/h17-18,20-21H,3-14,19H2,1-2H3. The second-order valence-corrected chi connectivity index (χ2v) is 8.13. The smallest absolute Gasteiger partial charge is 0.201 e. The van der Waals surface area contributed by atoms with Gasteiger partial charge in [-0.3, -0.25) is 0 Å². The summed E-state index contributed by atoms with van der Waals surface area (Å²) in [4.78, 5) is 0. The van der Waals surface area contributed by atoms with Crippen molar-refractivity contribution in [1.82, 2.24) is 0 Å². The molecule has 3 heteroatoms. The average molecular weight is 391 g/mol. The van der Waals surface area contributed by atoms with E-state index in [1.165, 1.54) is 63.5 Å². The highest BCUT2D eigenvalue weighted by Crippen LogP contribution is 2.32. The third kappa shape index (κ3) is 7.46. The van der Waals surface area contributed by atoms with E-state index in [0.717, 1.165) is 31.6 Å². The maximum atomic E-state index is 14.3. The predicted molar refractivity (Wildman–Crippen MR) is 112 cm³/mol. The lowest BCUT2D eigenvalue weighted by Gasteiger charge is -2.25. The van der Waals surface area contributed by atoms with E-state index in [0.29, 0.717) is 12.5 Å². The summed E-state index contributed by atoms with van der Waals surface area (Å²) in [5.74, 6) is 5.37. The summed E-state index contributed by atoms with van der Waals surface area (Å²) in [5, 5.41) is 0. The van der Waals surface area contributed by atoms with Crippen molar-refractivity contribution >= 4 is 0 Å². The lowest BCUT2D eigenvalue weighted by Crippen LogP contribution is -2.13. The van der Waals surface area contributed by atoms with E-state index in [1.54, 1.807) is 0 Å². The van der Waals surface area contributed by atoms with Crippen molar-refractivity contribution in [3.63, 3.8) is 0 Å². The van der Waals surface area contributed by atoms with Crippen LogP contribution in [0.1, 0.15) is 96.5 Å². The van der Waals surface area contributed by atoms with Gasteiger partial charge in [-0.1, -0.05) is 70.6 Å². The molecule has 1 nitrogen and oxygen atoms in total. The Morgan fingerprint density at radius 1 is 0.893 bits per heavy atom. The Labute approximate surface area is 170 Å². The van der Waals surface area contributed by atoms with Gasteiger partial charge >= 0.3 is 0 Å². The normalized spacial score (nSPS) is 19.1. The van der Waals surface area contributed by atoms with E-state index in [9.17, 15) is 8.78 Å². The van der Waals surface area contributed by atoms with Gasteiger partial charge in [-0.2, -0.15) is 4.39 Å². The van der Waals surface area contributed by atoms with Crippen LogP contribution in [0, 0.1) is 35.3 Å². The van der Waals surface area contributed by atoms with Crippen LogP contribution in [0.3, 0.4) is 0 Å². The van der Waals surface area contributed by atoms with E-state index in [2.05, 4.69) is 18.8 Å². The summed E-state index contributed by atoms with van der Waals surface area (Å²) in [5.41, 5.74) is 0.137. The van der Waals surface area contributed by atoms with E-state index in [4.69, 9.17) is 4.74 Å². The van der Waals surface area contributed by atoms with Gasteiger partial charge in [-0.25, -0.2) is 4.39 Å². The minimum absolute atomic E-state index is 0.0176. The lowest BCUT2D eigenvalue weighted by molar-refractivity contribution is 0.288. The molecule has 0 atom stereocenters. The molecule has 0 radical (unpaired) electrons. The van der Waals surface area contributed by atoms with E-state index < -0.39 is 11.6 Å². The molecular formula is C25H36F2O. The first kappa shape index (κ1) is 22.7. The van der Waals surface area contributed by atoms with Crippen LogP contribution in [-0.4, -0.2) is 6.61 Å². The van der Waals surface area contributed by atoms with Crippen molar-refractivity contribution < 1.29 is 13.5 Å². The molecule has 0 bridgehead atoms. The quantitative estimate of drug-likeness (QED) is 0.294. The van der Waals surface area contributed by atoms with Gasteiger partial charge < -0.3 is 4.74 Å². The minimum atomic E-state index is -0.922. The highest BCUT2D eigenvalue weighted by molar-refractivity contribution is 5.41. The van der Waals surface area contributed by atoms with Crippen molar-refractivity contribution in [3.05, 3.63) is 29.3 Å². The number of hydrogen-bond acceptors (Lipinski definition) is 1. The summed E-state index contributed by atoms with van der Waals surface area (Å²) in [7, 11) is 0. The first-order valence-corrected chi connectivity index (χ1v) is 11.3. The maximum Gasteiger partial charge on any atom is 0.201 e. The fraction of sp³-hybridized carbons (Fsp3) is 0.680. The van der Waals surface area contributed by atoms with E-state index in [1.807, 2.05) is 6.92 Å². The summed E-state index contributed by atoms with van der Waals surface area (Å²) < 4.78 is 33.7. The van der Waals surface area contributed by atoms with E-state index in [-0.39, 0.29) is 11.3 Å². The molecule has 0 amide bonds. The maximum absolute atomic E-state index is 14.3. The molecule has 0 spiro atoms. The van der Waals surface area contributed by atoms with Crippen LogP contribution in [-0.2, 0) is 0 Å². The van der Waals surface area contributed by atoms with Gasteiger partial charge in [0.05, 0.1) is 12.2 Å². The molecule has 1 fully saturated rings. The van der Waals surface area contributed by atoms with Crippen molar-refractivity contribution in [2.75, 3.05) is 6.61 Å². The molecule has 2 rings (SSSR count). The molecular weight excluding hydrogens is 354 g/mol. The summed E-state index contributed by atoms with van der Waals surface area (Å²) in [6, 6.07) is 3.03. The van der Waals surface area contributed by atoms with Crippen molar-refractivity contribution in [1.29, 1.82) is 0 Å². The molecule has 1 aromatic carbocycles. The van der Waals surface area contributed by atoms with Crippen LogP contribution < -0.4 is 4.74 Å². The zero-order valence-electron chi connectivity index (χ0n) is 17.7. The molecule has 156 valence electrons. The van der Waals surface area contributed by atoms with Gasteiger partial charge in [-0.15, -0.1) is 0 Å². The monoisotopic (exact) mass is 390 g/mol. The van der Waals surface area contributed by atoms with Gasteiger partial charge in [-0.05, 0) is 50.2 Å². The van der Waals surface area contributed by atoms with Gasteiger partial charge in [0.2, 0.25) is 5.82 Å². The van der Waals surface area contributed by atoms with Crippen LogP contribution in [0.15, 0.2) is 12.1 Å². The third-order valence-electron chi connectivity index (χ3n) is 5.78. The SMILES string of the molecule is CCCCCCCC1CCC(C#Cc2ccc(OCCCC)c(F)c2F)CC1. The van der Waals surface area contributed by atoms with Crippen LogP contribution in [0.25, 0.3) is 0 Å². The minimum Gasteiger partial charge on any atom is -0.490 e. The Balaban J connectivity index is 1.80. The number of rotatable bonds is 10. The van der Waals surface area contributed by atoms with Gasteiger partial charge in [0.1, 0.15) is 0 Å². The number of ether oxygens (including phenoxy) is 1. The zero-order chi connectivity index (χ0) is 20.2. The lowest BCUT2D eigenvalue weighted by atomic mass is 9.80. The Hall–Kier alpha value is -1.56. The first-order chi connectivity index (χ1) is 13.7. The number of hydrogen-bond donors (Lipinski definition) is 0. The molecule has 1 aromatic rings. The highest BCUT2D eigenvalue weighted by atomic mass is 19.2. The molecule has 0 aromatic heterocycles. The largest absolute Gasteiger partial charge is 0.490 e. The molecule has 0 aliphatic heterocycles. The summed E-state index contributed by atoms with van der Waals surface area (Å²) >= 11 is 0. The van der Waals surface area contributed by atoms with E-state index >= 15 is 0 Å². The summed E-state index contributed by atoms with van der Waals surface area (Å²) in [6.45, 7) is 4.68. The fourth-order valence-electron chi connectivity index (χ4n) is 3.88. The Kier molecular flexibility index (Phi) is 10.4. The molecule has 0 saturated heterocycles. The molecule has 0 unspecified atom stereocenters. The van der Waals surface area contributed by atoms with Gasteiger partial charge in [0.15, 0.2) is 11.6 Å². The third-order valence-corrected chi connectivity index (χ3v) is 5.78. The predicted octanol–water partition coefficient (Wildman–Crippen LogP) is 7.66. The number of halogens is 2. The van der Waals surface area contributed by atoms with Gasteiger partial charge in [0.25, 0.3) is 0 Å². The zero-order valence-corrected chi connectivity index (χ0v) is 17.7. The van der Waals surface area contributed by atoms with Crippen LogP contribution in [0.5, 0.6) is 5.75 Å². The molecule has 1 saturated carbocycles. The first-order valence-electron chi connectivity index (χ1n) is 11.3. The van der Waals surface area contributed by atoms with Crippen LogP contribution in [0.2, 0.25) is 0 Å². The molecule has 1 aliphatic rings. The molecule has 0 N–H and O–H groups in total. The Bertz CT molecular complexity index is 636. The second-order valence-electron chi connectivity index (χ2n) is 8.13. The molecule has 1 aliphatic carbocycles. The topological polar surface area (TPSA) is 9.23 Å². The van der Waals surface area contributed by atoms with Crippen molar-refractivity contribution in [2.45, 2.75) is 90.9 Å². The van der Waals surface area contributed by atoms with Crippen LogP contribution in [0.4, 0.5) is 8.78 Å². The molecule has 28 heavy (non-hydrogen) atoms. The Morgan fingerprint density at radius 3 is 2.32 bits per heavy atom. The average Bonchev–Trinajstić information content (AvgIpc) is 2.71. The molecule has 0 heterocycles. The highest BCUT2D eigenvalue weighted by Gasteiger charge is 2.20. The number of benzene rings is 1. The fourth-order valence-corrected chi connectivity index (χ4v) is 3.88. The summed E-state index contributed by atoms with van der Waals surface area (Å²) in [6.07, 6.45) is 14.4. The number of unbranched alkanes of at least 4 members (excludes halogenated alkanes) is 5. The second kappa shape index (κ2) is 12.8. The van der Waals surface area contributed by atoms with Crippen LogP contribution >= 0.6 is 0 Å². The van der Waals surface area contributed by atoms with Crippen molar-refractivity contribution in [3.8, 4) is 17.6 Å². The Morgan fingerprint density at radius 2 is 1.61 bits per heavy atom. The van der Waals surface area contributed by atoms with Gasteiger partial charge in [0, 0.05) is 5.92 Å².